The van der Waals surface area contributed by atoms with E-state index in [9.17, 15) is 4.79 Å². The fourth-order valence-corrected chi connectivity index (χ4v) is 5.30. The average Bonchev–Trinajstić information content (AvgIpc) is 2.44. The van der Waals surface area contributed by atoms with Crippen LogP contribution < -0.4 is 5.32 Å². The molecule has 0 amide bonds. The third-order valence-electron chi connectivity index (χ3n) is 5.69. The summed E-state index contributed by atoms with van der Waals surface area (Å²) in [7, 11) is 0. The molecule has 0 atom stereocenters. The van der Waals surface area contributed by atoms with Crippen molar-refractivity contribution >= 4 is 11.9 Å². The predicted octanol–water partition coefficient (Wildman–Crippen LogP) is 2.80. The van der Waals surface area contributed by atoms with Gasteiger partial charge in [0.05, 0.1) is 5.56 Å². The Hall–Kier alpha value is -1.65. The molecule has 4 aliphatic carbocycles. The minimum atomic E-state index is -0.984. The number of aromatic carboxylic acids is 1. The summed E-state index contributed by atoms with van der Waals surface area (Å²) in [5.41, 5.74) is 0.569. The first kappa shape index (κ1) is 13.0. The number of anilines is 1. The fourth-order valence-electron chi connectivity index (χ4n) is 5.30. The summed E-state index contributed by atoms with van der Waals surface area (Å²) >= 11 is 0. The van der Waals surface area contributed by atoms with Crippen molar-refractivity contribution < 1.29 is 9.90 Å². The first-order valence-electron chi connectivity index (χ1n) is 7.91. The number of hydrogen-bond donors (Lipinski definition) is 2. The van der Waals surface area contributed by atoms with E-state index in [-0.39, 0.29) is 5.56 Å². The van der Waals surface area contributed by atoms with Gasteiger partial charge in [0.25, 0.3) is 0 Å². The first-order chi connectivity index (χ1) is 10.1. The molecular weight excluding hydrogens is 266 g/mol. The molecule has 21 heavy (non-hydrogen) atoms. The maximum atomic E-state index is 10.8. The van der Waals surface area contributed by atoms with Crippen molar-refractivity contribution in [2.24, 2.45) is 23.2 Å². The van der Waals surface area contributed by atoms with Crippen LogP contribution in [-0.4, -0.2) is 27.6 Å². The van der Waals surface area contributed by atoms with Gasteiger partial charge >= 0.3 is 5.97 Å². The van der Waals surface area contributed by atoms with Crippen LogP contribution >= 0.6 is 0 Å². The summed E-state index contributed by atoms with van der Waals surface area (Å²) in [6.07, 6.45) is 11.1. The summed E-state index contributed by atoms with van der Waals surface area (Å²) in [6, 6.07) is 0. The van der Waals surface area contributed by atoms with Gasteiger partial charge in [0.15, 0.2) is 0 Å². The highest BCUT2D eigenvalue weighted by Crippen LogP contribution is 2.59. The maximum Gasteiger partial charge on any atom is 0.338 e. The van der Waals surface area contributed by atoms with E-state index in [1.165, 1.54) is 50.9 Å². The zero-order valence-corrected chi connectivity index (χ0v) is 12.1. The topological polar surface area (TPSA) is 75.1 Å². The van der Waals surface area contributed by atoms with E-state index in [4.69, 9.17) is 5.11 Å². The van der Waals surface area contributed by atoms with Gasteiger partial charge in [-0.15, -0.1) is 0 Å². The minimum Gasteiger partial charge on any atom is -0.478 e. The van der Waals surface area contributed by atoms with Gasteiger partial charge in [-0.1, -0.05) is 0 Å². The molecule has 4 fully saturated rings. The van der Waals surface area contributed by atoms with Crippen molar-refractivity contribution in [2.45, 2.75) is 38.5 Å². The SMILES string of the molecule is O=C(O)c1cnc(NCC23CC4CC(CC(C4)C2)C3)nc1. The van der Waals surface area contributed by atoms with Gasteiger partial charge < -0.3 is 10.4 Å². The van der Waals surface area contributed by atoms with E-state index in [1.807, 2.05) is 0 Å². The number of aromatic nitrogens is 2. The lowest BCUT2D eigenvalue weighted by Gasteiger charge is -2.56. The summed E-state index contributed by atoms with van der Waals surface area (Å²) in [5.74, 6) is 2.38. The monoisotopic (exact) mass is 287 g/mol. The molecule has 2 N–H and O–H groups in total. The van der Waals surface area contributed by atoms with E-state index in [1.54, 1.807) is 0 Å². The molecule has 4 aliphatic rings. The Kier molecular flexibility index (Phi) is 2.91. The number of carboxylic acid groups (broad SMARTS) is 1. The highest BCUT2D eigenvalue weighted by atomic mass is 16.4. The molecule has 0 aliphatic heterocycles. The molecule has 0 radical (unpaired) electrons. The molecule has 4 saturated carbocycles. The predicted molar refractivity (Wildman–Crippen MR) is 78.1 cm³/mol. The Bertz CT molecular complexity index is 520. The number of carboxylic acids is 1. The Balaban J connectivity index is 1.43. The Morgan fingerprint density at radius 1 is 1.14 bits per heavy atom. The van der Waals surface area contributed by atoms with Crippen molar-refractivity contribution in [3.05, 3.63) is 18.0 Å². The third kappa shape index (κ3) is 2.39. The van der Waals surface area contributed by atoms with Crippen molar-refractivity contribution in [3.63, 3.8) is 0 Å². The van der Waals surface area contributed by atoms with Crippen LogP contribution in [0.5, 0.6) is 0 Å². The lowest BCUT2D eigenvalue weighted by atomic mass is 9.49. The Morgan fingerprint density at radius 3 is 2.14 bits per heavy atom. The van der Waals surface area contributed by atoms with E-state index in [2.05, 4.69) is 15.3 Å². The smallest absolute Gasteiger partial charge is 0.338 e. The molecule has 1 heterocycles. The number of nitrogens with zero attached hydrogens (tertiary/aromatic N) is 2. The molecule has 0 unspecified atom stereocenters. The van der Waals surface area contributed by atoms with E-state index >= 15 is 0 Å². The van der Waals surface area contributed by atoms with Gasteiger partial charge in [-0.05, 0) is 61.7 Å². The van der Waals surface area contributed by atoms with Crippen LogP contribution in [0.3, 0.4) is 0 Å². The molecule has 0 aromatic carbocycles. The van der Waals surface area contributed by atoms with Crippen LogP contribution in [0.4, 0.5) is 5.95 Å². The van der Waals surface area contributed by atoms with Crippen LogP contribution in [0.15, 0.2) is 12.4 Å². The van der Waals surface area contributed by atoms with Crippen LogP contribution in [0, 0.1) is 23.2 Å². The molecule has 0 saturated heterocycles. The lowest BCUT2D eigenvalue weighted by Crippen LogP contribution is -2.49. The molecule has 0 spiro atoms. The standard InChI is InChI=1S/C16H21N3O2/c20-14(21)13-7-17-15(18-8-13)19-9-16-4-10-1-11(5-16)3-12(2-10)6-16/h7-8,10-12H,1-6,9H2,(H,20,21)(H,17,18,19). The van der Waals surface area contributed by atoms with Crippen LogP contribution in [0.2, 0.25) is 0 Å². The van der Waals surface area contributed by atoms with Crippen LogP contribution in [0.25, 0.3) is 0 Å². The van der Waals surface area contributed by atoms with Crippen molar-refractivity contribution in [3.8, 4) is 0 Å². The molecule has 4 bridgehead atoms. The van der Waals surface area contributed by atoms with Crippen LogP contribution in [0.1, 0.15) is 48.9 Å². The van der Waals surface area contributed by atoms with Gasteiger partial charge in [0, 0.05) is 18.9 Å². The van der Waals surface area contributed by atoms with Gasteiger partial charge in [-0.25, -0.2) is 14.8 Å². The molecule has 112 valence electrons. The second-order valence-corrected chi connectivity index (χ2v) is 7.37. The summed E-state index contributed by atoms with van der Waals surface area (Å²) < 4.78 is 0. The van der Waals surface area contributed by atoms with Crippen molar-refractivity contribution in [2.75, 3.05) is 11.9 Å². The average molecular weight is 287 g/mol. The fraction of sp³-hybridized carbons (Fsp3) is 0.688. The quantitative estimate of drug-likeness (QED) is 0.890. The zero-order chi connectivity index (χ0) is 14.4. The lowest BCUT2D eigenvalue weighted by molar-refractivity contribution is -0.0445. The highest BCUT2D eigenvalue weighted by molar-refractivity contribution is 5.86. The second-order valence-electron chi connectivity index (χ2n) is 7.37. The highest BCUT2D eigenvalue weighted by Gasteiger charge is 2.50. The molecule has 5 heteroatoms. The number of rotatable bonds is 4. The van der Waals surface area contributed by atoms with Gasteiger partial charge in [0.2, 0.25) is 5.95 Å². The number of hydrogen-bond acceptors (Lipinski definition) is 4. The van der Waals surface area contributed by atoms with E-state index in [0.717, 1.165) is 24.3 Å². The Morgan fingerprint density at radius 2 is 1.67 bits per heavy atom. The van der Waals surface area contributed by atoms with Gasteiger partial charge in [-0.3, -0.25) is 0 Å². The maximum absolute atomic E-state index is 10.8. The van der Waals surface area contributed by atoms with E-state index < -0.39 is 5.97 Å². The van der Waals surface area contributed by atoms with Crippen molar-refractivity contribution in [1.82, 2.24) is 9.97 Å². The molecule has 5 nitrogen and oxygen atoms in total. The molecular formula is C16H21N3O2. The minimum absolute atomic E-state index is 0.135. The first-order valence-corrected chi connectivity index (χ1v) is 7.91. The Labute approximate surface area is 124 Å². The second kappa shape index (κ2) is 4.68. The van der Waals surface area contributed by atoms with Crippen molar-refractivity contribution in [1.29, 1.82) is 0 Å². The molecule has 5 rings (SSSR count). The molecule has 1 aromatic rings. The summed E-state index contributed by atoms with van der Waals surface area (Å²) in [6.45, 7) is 0.933. The summed E-state index contributed by atoms with van der Waals surface area (Å²) in [5, 5.41) is 12.2. The largest absolute Gasteiger partial charge is 0.478 e. The number of nitrogens with one attached hydrogen (secondary N) is 1. The normalized spacial score (nSPS) is 36.7. The van der Waals surface area contributed by atoms with Crippen LogP contribution in [-0.2, 0) is 0 Å². The van der Waals surface area contributed by atoms with Gasteiger partial charge in [0.1, 0.15) is 0 Å². The van der Waals surface area contributed by atoms with Gasteiger partial charge in [-0.2, -0.15) is 0 Å². The number of carbonyl (C=O) groups is 1. The summed E-state index contributed by atoms with van der Waals surface area (Å²) in [4.78, 5) is 19.0. The van der Waals surface area contributed by atoms with E-state index in [0.29, 0.717) is 11.4 Å². The zero-order valence-electron chi connectivity index (χ0n) is 12.1. The molecule has 1 aromatic heterocycles. The third-order valence-corrected chi connectivity index (χ3v) is 5.69.